The smallest absolute Gasteiger partial charge is 0.260 e. The highest BCUT2D eigenvalue weighted by molar-refractivity contribution is 7.89. The Morgan fingerprint density at radius 1 is 1.62 bits per heavy atom. The minimum atomic E-state index is -3.57. The molecule has 0 aliphatic rings. The van der Waals surface area contributed by atoms with E-state index < -0.39 is 10.0 Å². The Morgan fingerprint density at radius 2 is 2.31 bits per heavy atom. The number of aromatic nitrogens is 2. The van der Waals surface area contributed by atoms with Gasteiger partial charge < -0.3 is 0 Å². The van der Waals surface area contributed by atoms with Gasteiger partial charge in [-0.15, -0.1) is 0 Å². The van der Waals surface area contributed by atoms with Gasteiger partial charge in [-0.25, -0.2) is 8.42 Å². The zero-order valence-electron chi connectivity index (χ0n) is 9.21. The fourth-order valence-electron chi connectivity index (χ4n) is 1.33. The van der Waals surface area contributed by atoms with Gasteiger partial charge in [-0.2, -0.15) is 14.7 Å². The molecule has 0 aliphatic carbocycles. The highest BCUT2D eigenvalue weighted by Crippen LogP contribution is 2.15. The summed E-state index contributed by atoms with van der Waals surface area (Å²) in [4.78, 5) is 0. The first-order chi connectivity index (χ1) is 7.50. The number of hydrogen-bond acceptors (Lipinski definition) is 4. The van der Waals surface area contributed by atoms with Crippen LogP contribution >= 0.6 is 0 Å². The number of nitriles is 1. The quantitative estimate of drug-likeness (QED) is 0.823. The van der Waals surface area contributed by atoms with Gasteiger partial charge in [0, 0.05) is 19.0 Å². The van der Waals surface area contributed by atoms with E-state index in [4.69, 9.17) is 5.26 Å². The molecule has 0 aromatic carbocycles. The van der Waals surface area contributed by atoms with Gasteiger partial charge in [-0.1, -0.05) is 0 Å². The van der Waals surface area contributed by atoms with Gasteiger partial charge in [0.2, 0.25) is 0 Å². The summed E-state index contributed by atoms with van der Waals surface area (Å²) in [5.41, 5.74) is 0. The maximum Gasteiger partial charge on any atom is 0.260 e. The zero-order valence-corrected chi connectivity index (χ0v) is 10.0. The average molecular weight is 242 g/mol. The van der Waals surface area contributed by atoms with Crippen LogP contribution in [-0.2, 0) is 10.0 Å². The molecule has 0 spiro atoms. The Labute approximate surface area is 94.9 Å². The molecule has 1 N–H and O–H groups in total. The van der Waals surface area contributed by atoms with Gasteiger partial charge >= 0.3 is 0 Å². The van der Waals surface area contributed by atoms with Crippen molar-refractivity contribution in [3.8, 4) is 6.07 Å². The van der Waals surface area contributed by atoms with Crippen LogP contribution in [0.3, 0.4) is 0 Å². The van der Waals surface area contributed by atoms with Crippen molar-refractivity contribution in [2.75, 3.05) is 6.54 Å². The molecular formula is C9H14N4O2S. The van der Waals surface area contributed by atoms with E-state index in [1.807, 2.05) is 6.07 Å². The van der Waals surface area contributed by atoms with Crippen LogP contribution < -0.4 is 0 Å². The zero-order chi connectivity index (χ0) is 12.2. The Morgan fingerprint density at radius 3 is 2.75 bits per heavy atom. The second-order valence-electron chi connectivity index (χ2n) is 3.54. The molecule has 0 unspecified atom stereocenters. The van der Waals surface area contributed by atoms with Crippen molar-refractivity contribution in [1.82, 2.24) is 14.5 Å². The molecule has 1 rings (SSSR count). The maximum absolute atomic E-state index is 12.1. The van der Waals surface area contributed by atoms with Crippen LogP contribution in [0.2, 0.25) is 0 Å². The Bertz CT molecular complexity index is 458. The SMILES string of the molecule is CC(C)N(CCC#N)S(=O)(=O)c1ccn[nH]1. The minimum absolute atomic E-state index is 0.0548. The topological polar surface area (TPSA) is 89.8 Å². The van der Waals surface area contributed by atoms with E-state index >= 15 is 0 Å². The van der Waals surface area contributed by atoms with Gasteiger partial charge in [-0.05, 0) is 19.9 Å². The molecule has 0 bridgehead atoms. The largest absolute Gasteiger partial charge is 0.266 e. The molecule has 6 nitrogen and oxygen atoms in total. The van der Waals surface area contributed by atoms with Crippen LogP contribution in [0.15, 0.2) is 17.3 Å². The summed E-state index contributed by atoms with van der Waals surface area (Å²) in [5.74, 6) is 0. The summed E-state index contributed by atoms with van der Waals surface area (Å²) < 4.78 is 25.5. The number of nitrogens with zero attached hydrogens (tertiary/aromatic N) is 3. The molecule has 0 atom stereocenters. The number of aromatic amines is 1. The lowest BCUT2D eigenvalue weighted by molar-refractivity contribution is 0.359. The third kappa shape index (κ3) is 2.59. The Hall–Kier alpha value is -1.39. The van der Waals surface area contributed by atoms with E-state index in [0.29, 0.717) is 0 Å². The van der Waals surface area contributed by atoms with E-state index in [1.54, 1.807) is 13.8 Å². The number of sulfonamides is 1. The monoisotopic (exact) mass is 242 g/mol. The van der Waals surface area contributed by atoms with Gasteiger partial charge in [-0.3, -0.25) is 5.10 Å². The molecule has 0 radical (unpaired) electrons. The summed E-state index contributed by atoms with van der Waals surface area (Å²) in [6.45, 7) is 3.73. The van der Waals surface area contributed by atoms with Crippen molar-refractivity contribution in [1.29, 1.82) is 5.26 Å². The summed E-state index contributed by atoms with van der Waals surface area (Å²) in [7, 11) is -3.57. The maximum atomic E-state index is 12.1. The fourth-order valence-corrected chi connectivity index (χ4v) is 2.87. The van der Waals surface area contributed by atoms with Crippen LogP contribution in [0, 0.1) is 11.3 Å². The van der Waals surface area contributed by atoms with E-state index in [0.717, 1.165) is 0 Å². The molecule has 0 saturated carbocycles. The number of nitrogens with one attached hydrogen (secondary N) is 1. The molecule has 1 aromatic heterocycles. The number of rotatable bonds is 5. The van der Waals surface area contributed by atoms with E-state index in [1.165, 1.54) is 16.6 Å². The van der Waals surface area contributed by atoms with Crippen LogP contribution in [0.25, 0.3) is 0 Å². The number of hydrogen-bond donors (Lipinski definition) is 1. The first-order valence-corrected chi connectivity index (χ1v) is 6.32. The second kappa shape index (κ2) is 5.09. The molecule has 88 valence electrons. The third-order valence-corrected chi connectivity index (χ3v) is 4.09. The molecular weight excluding hydrogens is 228 g/mol. The normalized spacial score (nSPS) is 11.9. The molecule has 7 heteroatoms. The average Bonchev–Trinajstić information content (AvgIpc) is 2.70. The molecule has 0 fully saturated rings. The highest BCUT2D eigenvalue weighted by Gasteiger charge is 2.27. The number of H-pyrrole nitrogens is 1. The Kier molecular flexibility index (Phi) is 4.04. The van der Waals surface area contributed by atoms with Crippen molar-refractivity contribution in [2.45, 2.75) is 31.3 Å². The second-order valence-corrected chi connectivity index (χ2v) is 5.40. The van der Waals surface area contributed by atoms with Gasteiger partial charge in [0.05, 0.1) is 12.3 Å². The predicted octanol–water partition coefficient (Wildman–Crippen LogP) is 0.722. The van der Waals surface area contributed by atoms with Gasteiger partial charge in [0.1, 0.15) is 0 Å². The standard InChI is InChI=1S/C9H14N4O2S/c1-8(2)13(7-3-5-10)16(14,15)9-4-6-11-12-9/h4,6,8H,3,7H2,1-2H3,(H,11,12). The molecule has 0 amide bonds. The lowest BCUT2D eigenvalue weighted by atomic mass is 10.3. The molecule has 16 heavy (non-hydrogen) atoms. The van der Waals surface area contributed by atoms with Crippen molar-refractivity contribution < 1.29 is 8.42 Å². The Balaban J connectivity index is 2.99. The van der Waals surface area contributed by atoms with Crippen LogP contribution in [-0.4, -0.2) is 35.5 Å². The summed E-state index contributed by atoms with van der Waals surface area (Å²) in [5, 5.41) is 14.6. The molecule has 1 aromatic rings. The lowest BCUT2D eigenvalue weighted by Gasteiger charge is -2.23. The van der Waals surface area contributed by atoms with Crippen molar-refractivity contribution >= 4 is 10.0 Å². The first-order valence-electron chi connectivity index (χ1n) is 4.88. The molecule has 1 heterocycles. The predicted molar refractivity (Wildman–Crippen MR) is 57.8 cm³/mol. The first kappa shape index (κ1) is 12.7. The summed E-state index contributed by atoms with van der Waals surface area (Å²) >= 11 is 0. The molecule has 0 saturated heterocycles. The van der Waals surface area contributed by atoms with E-state index in [2.05, 4.69) is 10.2 Å². The van der Waals surface area contributed by atoms with Crippen molar-refractivity contribution in [3.05, 3.63) is 12.3 Å². The van der Waals surface area contributed by atoms with Gasteiger partial charge in [0.15, 0.2) is 5.03 Å². The van der Waals surface area contributed by atoms with Crippen molar-refractivity contribution in [2.24, 2.45) is 0 Å². The van der Waals surface area contributed by atoms with Crippen LogP contribution in [0.5, 0.6) is 0 Å². The molecule has 0 aliphatic heterocycles. The van der Waals surface area contributed by atoms with Crippen molar-refractivity contribution in [3.63, 3.8) is 0 Å². The van der Waals surface area contributed by atoms with E-state index in [-0.39, 0.29) is 24.0 Å². The minimum Gasteiger partial charge on any atom is -0.266 e. The summed E-state index contributed by atoms with van der Waals surface area (Å²) in [6.07, 6.45) is 1.56. The van der Waals surface area contributed by atoms with Gasteiger partial charge in [0.25, 0.3) is 10.0 Å². The lowest BCUT2D eigenvalue weighted by Crippen LogP contribution is -2.37. The highest BCUT2D eigenvalue weighted by atomic mass is 32.2. The summed E-state index contributed by atoms with van der Waals surface area (Å²) in [6, 6.07) is 3.15. The fraction of sp³-hybridized carbons (Fsp3) is 0.556. The third-order valence-electron chi connectivity index (χ3n) is 2.08. The van der Waals surface area contributed by atoms with E-state index in [9.17, 15) is 8.42 Å². The van der Waals surface area contributed by atoms with Crippen LogP contribution in [0.1, 0.15) is 20.3 Å². The van der Waals surface area contributed by atoms with Crippen LogP contribution in [0.4, 0.5) is 0 Å².